The van der Waals surface area contributed by atoms with Crippen molar-refractivity contribution in [2.45, 2.75) is 19.3 Å². The van der Waals surface area contributed by atoms with Gasteiger partial charge in [0.25, 0.3) is 11.4 Å². The van der Waals surface area contributed by atoms with Gasteiger partial charge in [0.2, 0.25) is 5.91 Å². The van der Waals surface area contributed by atoms with Gasteiger partial charge in [-0.05, 0) is 23.1 Å². The fourth-order valence-corrected chi connectivity index (χ4v) is 2.55. The van der Waals surface area contributed by atoms with Crippen LogP contribution in [0.2, 0.25) is 5.02 Å². The minimum Gasteiger partial charge on any atom is -0.355 e. The topological polar surface area (TPSA) is 115 Å². The number of nitrogens with zero attached hydrogens (tertiary/aromatic N) is 2. The van der Waals surface area contributed by atoms with Crippen molar-refractivity contribution in [3.63, 3.8) is 0 Å². The fourth-order valence-electron chi connectivity index (χ4n) is 2.37. The van der Waals surface area contributed by atoms with Crippen LogP contribution >= 0.6 is 11.6 Å². The molecule has 1 atom stereocenters. The fraction of sp³-hybridized carbons (Fsp3) is 0.235. The van der Waals surface area contributed by atoms with Gasteiger partial charge in [0.1, 0.15) is 5.02 Å². The van der Waals surface area contributed by atoms with Gasteiger partial charge in [-0.2, -0.15) is 0 Å². The van der Waals surface area contributed by atoms with Crippen LogP contribution in [0.3, 0.4) is 0 Å². The second-order valence-electron chi connectivity index (χ2n) is 5.77. The molecular weight excluding hydrogens is 362 g/mol. The number of nitro benzene ring substituents is 2. The van der Waals surface area contributed by atoms with E-state index in [-0.39, 0.29) is 34.6 Å². The first-order chi connectivity index (χ1) is 12.3. The number of amides is 1. The summed E-state index contributed by atoms with van der Waals surface area (Å²) in [4.78, 5) is 32.5. The summed E-state index contributed by atoms with van der Waals surface area (Å²) in [6.07, 6.45) is -0.00894. The first-order valence-corrected chi connectivity index (χ1v) is 8.09. The number of rotatable bonds is 7. The first kappa shape index (κ1) is 19.3. The van der Waals surface area contributed by atoms with E-state index >= 15 is 0 Å². The van der Waals surface area contributed by atoms with Gasteiger partial charge in [-0.3, -0.25) is 25.0 Å². The maximum atomic E-state index is 12.1. The van der Waals surface area contributed by atoms with Crippen molar-refractivity contribution in [3.8, 4) is 0 Å². The van der Waals surface area contributed by atoms with Gasteiger partial charge in [0.05, 0.1) is 16.3 Å². The quantitative estimate of drug-likeness (QED) is 0.584. The Morgan fingerprint density at radius 2 is 1.77 bits per heavy atom. The first-order valence-electron chi connectivity index (χ1n) is 7.71. The predicted octanol–water partition coefficient (Wildman–Crippen LogP) is 3.62. The summed E-state index contributed by atoms with van der Waals surface area (Å²) in [5, 5.41) is 24.3. The summed E-state index contributed by atoms with van der Waals surface area (Å²) >= 11 is 5.74. The molecule has 0 fully saturated rings. The molecule has 26 heavy (non-hydrogen) atoms. The molecule has 0 aliphatic rings. The standard InChI is InChI=1S/C17H16ClN3O5/c1-11(13-3-5-14(6-4-13)20(23)24)10-19-17(22)9-12-2-7-15(18)16(8-12)21(25)26/h2-8,11H,9-10H2,1H3,(H,19,22). The molecule has 8 nitrogen and oxygen atoms in total. The lowest BCUT2D eigenvalue weighted by Gasteiger charge is -2.13. The largest absolute Gasteiger partial charge is 0.355 e. The third kappa shape index (κ3) is 5.00. The zero-order chi connectivity index (χ0) is 19.3. The molecular formula is C17H16ClN3O5. The zero-order valence-corrected chi connectivity index (χ0v) is 14.6. The molecule has 0 aliphatic heterocycles. The van der Waals surface area contributed by atoms with Gasteiger partial charge in [-0.1, -0.05) is 36.7 Å². The smallest absolute Gasteiger partial charge is 0.288 e. The van der Waals surface area contributed by atoms with Crippen LogP contribution in [0.1, 0.15) is 24.0 Å². The Kier molecular flexibility index (Phi) is 6.24. The highest BCUT2D eigenvalue weighted by atomic mass is 35.5. The summed E-state index contributed by atoms with van der Waals surface area (Å²) in [5.41, 5.74) is 1.12. The van der Waals surface area contributed by atoms with Crippen molar-refractivity contribution in [2.24, 2.45) is 0 Å². The molecule has 1 N–H and O–H groups in total. The highest BCUT2D eigenvalue weighted by Crippen LogP contribution is 2.25. The number of carbonyl (C=O) groups is 1. The van der Waals surface area contributed by atoms with Crippen molar-refractivity contribution >= 4 is 28.9 Å². The maximum absolute atomic E-state index is 12.1. The molecule has 9 heteroatoms. The van der Waals surface area contributed by atoms with E-state index in [2.05, 4.69) is 5.32 Å². The van der Waals surface area contributed by atoms with Crippen LogP contribution in [0, 0.1) is 20.2 Å². The normalized spacial score (nSPS) is 11.6. The minimum absolute atomic E-state index is 0.00863. The maximum Gasteiger partial charge on any atom is 0.288 e. The zero-order valence-electron chi connectivity index (χ0n) is 13.8. The Morgan fingerprint density at radius 3 is 2.35 bits per heavy atom. The molecule has 0 radical (unpaired) electrons. The number of benzene rings is 2. The number of hydrogen-bond donors (Lipinski definition) is 1. The molecule has 0 bridgehead atoms. The molecule has 0 heterocycles. The average Bonchev–Trinajstić information content (AvgIpc) is 2.61. The van der Waals surface area contributed by atoms with Gasteiger partial charge in [-0.15, -0.1) is 0 Å². The van der Waals surface area contributed by atoms with E-state index in [1.54, 1.807) is 18.2 Å². The highest BCUT2D eigenvalue weighted by molar-refractivity contribution is 6.32. The molecule has 0 saturated heterocycles. The summed E-state index contributed by atoms with van der Waals surface area (Å²) < 4.78 is 0. The van der Waals surface area contributed by atoms with Gasteiger partial charge >= 0.3 is 0 Å². The van der Waals surface area contributed by atoms with Crippen molar-refractivity contribution in [3.05, 3.63) is 78.8 Å². The third-order valence-electron chi connectivity index (χ3n) is 3.85. The van der Waals surface area contributed by atoms with Crippen LogP contribution in [0.15, 0.2) is 42.5 Å². The minimum atomic E-state index is -0.597. The Labute approximate surface area is 154 Å². The molecule has 0 aliphatic carbocycles. The number of nitro groups is 2. The van der Waals surface area contributed by atoms with Crippen molar-refractivity contribution in [2.75, 3.05) is 6.54 Å². The molecule has 0 aromatic heterocycles. The summed E-state index contributed by atoms with van der Waals surface area (Å²) in [5.74, 6) is -0.324. The van der Waals surface area contributed by atoms with E-state index in [9.17, 15) is 25.0 Å². The Bertz CT molecular complexity index is 839. The number of carbonyl (C=O) groups excluding carboxylic acids is 1. The van der Waals surface area contributed by atoms with Crippen molar-refractivity contribution < 1.29 is 14.6 Å². The number of halogens is 1. The van der Waals surface area contributed by atoms with Crippen LogP contribution in [0.4, 0.5) is 11.4 Å². The molecule has 2 aromatic rings. The summed E-state index contributed by atoms with van der Waals surface area (Å²) in [6, 6.07) is 10.4. The lowest BCUT2D eigenvalue weighted by molar-refractivity contribution is -0.385. The molecule has 136 valence electrons. The van der Waals surface area contributed by atoms with Gasteiger partial charge in [-0.25, -0.2) is 0 Å². The molecule has 0 saturated carbocycles. The van der Waals surface area contributed by atoms with Crippen LogP contribution in [0.5, 0.6) is 0 Å². The van der Waals surface area contributed by atoms with E-state index in [0.29, 0.717) is 12.1 Å². The molecule has 1 unspecified atom stereocenters. The number of non-ortho nitro benzene ring substituents is 1. The van der Waals surface area contributed by atoms with E-state index in [1.807, 2.05) is 6.92 Å². The second kappa shape index (κ2) is 8.39. The second-order valence-corrected chi connectivity index (χ2v) is 6.18. The highest BCUT2D eigenvalue weighted by Gasteiger charge is 2.15. The Hall–Kier alpha value is -3.00. The van der Waals surface area contributed by atoms with Crippen LogP contribution < -0.4 is 5.32 Å². The predicted molar refractivity (Wildman–Crippen MR) is 96.3 cm³/mol. The third-order valence-corrected chi connectivity index (χ3v) is 4.17. The van der Waals surface area contributed by atoms with Crippen molar-refractivity contribution in [1.82, 2.24) is 5.32 Å². The summed E-state index contributed by atoms with van der Waals surface area (Å²) in [6.45, 7) is 2.22. The van der Waals surface area contributed by atoms with E-state index < -0.39 is 9.85 Å². The monoisotopic (exact) mass is 377 g/mol. The van der Waals surface area contributed by atoms with Crippen LogP contribution in [0.25, 0.3) is 0 Å². The number of hydrogen-bond acceptors (Lipinski definition) is 5. The van der Waals surface area contributed by atoms with Crippen molar-refractivity contribution in [1.29, 1.82) is 0 Å². The molecule has 1 amide bonds. The molecule has 2 rings (SSSR count). The van der Waals surface area contributed by atoms with Gasteiger partial charge in [0.15, 0.2) is 0 Å². The van der Waals surface area contributed by atoms with Crippen LogP contribution in [-0.2, 0) is 11.2 Å². The van der Waals surface area contributed by atoms with Gasteiger partial charge < -0.3 is 5.32 Å². The number of nitrogens with one attached hydrogen (secondary N) is 1. The average molecular weight is 378 g/mol. The SMILES string of the molecule is CC(CNC(=O)Cc1ccc(Cl)c([N+](=O)[O-])c1)c1ccc([N+](=O)[O-])cc1. The molecule has 2 aromatic carbocycles. The molecule has 0 spiro atoms. The van der Waals surface area contributed by atoms with E-state index in [1.165, 1.54) is 24.3 Å². The lowest BCUT2D eigenvalue weighted by atomic mass is 10.0. The van der Waals surface area contributed by atoms with E-state index in [4.69, 9.17) is 11.6 Å². The van der Waals surface area contributed by atoms with Gasteiger partial charge in [0, 0.05) is 24.7 Å². The Balaban J connectivity index is 1.93. The Morgan fingerprint density at radius 1 is 1.12 bits per heavy atom. The summed E-state index contributed by atoms with van der Waals surface area (Å²) in [7, 11) is 0. The van der Waals surface area contributed by atoms with Crippen LogP contribution in [-0.4, -0.2) is 22.3 Å². The lowest BCUT2D eigenvalue weighted by Crippen LogP contribution is -2.28. The van der Waals surface area contributed by atoms with E-state index in [0.717, 1.165) is 5.56 Å².